The highest BCUT2D eigenvalue weighted by atomic mass is 35.5. The number of amides is 3. The first-order valence-corrected chi connectivity index (χ1v) is 9.75. The van der Waals surface area contributed by atoms with Crippen LogP contribution in [0.3, 0.4) is 0 Å². The van der Waals surface area contributed by atoms with E-state index in [-0.39, 0.29) is 49.2 Å². The Hall–Kier alpha value is -2.54. The summed E-state index contributed by atoms with van der Waals surface area (Å²) in [6.07, 6.45) is 4.43. The largest absolute Gasteiger partial charge is 0.445 e. The van der Waals surface area contributed by atoms with E-state index < -0.39 is 0 Å². The van der Waals surface area contributed by atoms with Crippen molar-refractivity contribution in [2.45, 2.75) is 43.8 Å². The second kappa shape index (κ2) is 9.10. The standard InChI is InChI=1S/C20H24ClN3O4/c1-2-8-28-20(27)24-16-6-7-17(24)11-15(10-16)23-18(25)12-22-19(26)13-4-3-5-14(21)9-13/h2-5,9,15-17H,1,6-8,10-12H2,(H,22,26)(H,23,25)/t15?,16-,17+. The molecule has 0 aliphatic carbocycles. The van der Waals surface area contributed by atoms with Gasteiger partial charge in [-0.05, 0) is 43.9 Å². The molecular formula is C20H24ClN3O4. The molecule has 8 heteroatoms. The second-order valence-corrected chi connectivity index (χ2v) is 7.52. The summed E-state index contributed by atoms with van der Waals surface area (Å²) in [5.41, 5.74) is 0.407. The highest BCUT2D eigenvalue weighted by Crippen LogP contribution is 2.36. The van der Waals surface area contributed by atoms with Crippen molar-refractivity contribution in [2.75, 3.05) is 13.2 Å². The van der Waals surface area contributed by atoms with E-state index in [1.54, 1.807) is 35.2 Å². The molecule has 3 atom stereocenters. The molecule has 2 heterocycles. The van der Waals surface area contributed by atoms with Crippen LogP contribution in [0.15, 0.2) is 36.9 Å². The van der Waals surface area contributed by atoms with Crippen LogP contribution in [0.2, 0.25) is 5.02 Å². The maximum Gasteiger partial charge on any atom is 0.410 e. The fourth-order valence-electron chi connectivity index (χ4n) is 3.97. The molecule has 2 fully saturated rings. The molecule has 0 radical (unpaired) electrons. The molecule has 28 heavy (non-hydrogen) atoms. The van der Waals surface area contributed by atoms with Gasteiger partial charge in [-0.25, -0.2) is 4.79 Å². The van der Waals surface area contributed by atoms with Crippen LogP contribution >= 0.6 is 11.6 Å². The van der Waals surface area contributed by atoms with Gasteiger partial charge in [0.2, 0.25) is 5.91 Å². The van der Waals surface area contributed by atoms with Gasteiger partial charge in [0, 0.05) is 28.7 Å². The molecule has 0 aromatic heterocycles. The molecule has 2 N–H and O–H groups in total. The van der Waals surface area contributed by atoms with Gasteiger partial charge in [0.15, 0.2) is 0 Å². The van der Waals surface area contributed by atoms with E-state index in [1.165, 1.54) is 0 Å². The van der Waals surface area contributed by atoms with Crippen molar-refractivity contribution < 1.29 is 19.1 Å². The topological polar surface area (TPSA) is 87.7 Å². The van der Waals surface area contributed by atoms with Gasteiger partial charge in [0.25, 0.3) is 5.91 Å². The molecule has 3 amide bonds. The molecule has 7 nitrogen and oxygen atoms in total. The minimum atomic E-state index is -0.350. The molecule has 0 spiro atoms. The van der Waals surface area contributed by atoms with Crippen LogP contribution in [-0.2, 0) is 9.53 Å². The minimum Gasteiger partial charge on any atom is -0.445 e. The lowest BCUT2D eigenvalue weighted by molar-refractivity contribution is -0.121. The number of piperidine rings is 1. The molecule has 1 unspecified atom stereocenters. The molecule has 2 saturated heterocycles. The Morgan fingerprint density at radius 3 is 2.61 bits per heavy atom. The second-order valence-electron chi connectivity index (χ2n) is 7.09. The maximum absolute atomic E-state index is 12.2. The molecule has 150 valence electrons. The van der Waals surface area contributed by atoms with Gasteiger partial charge in [-0.3, -0.25) is 9.59 Å². The summed E-state index contributed by atoms with van der Waals surface area (Å²) in [6, 6.07) is 6.67. The average Bonchev–Trinajstić information content (AvgIpc) is 2.95. The highest BCUT2D eigenvalue weighted by molar-refractivity contribution is 6.30. The third-order valence-electron chi connectivity index (χ3n) is 5.13. The van der Waals surface area contributed by atoms with Crippen LogP contribution < -0.4 is 10.6 Å². The summed E-state index contributed by atoms with van der Waals surface area (Å²) in [5.74, 6) is -0.597. The van der Waals surface area contributed by atoms with Gasteiger partial charge in [0.1, 0.15) is 6.61 Å². The van der Waals surface area contributed by atoms with Gasteiger partial charge in [-0.15, -0.1) is 0 Å². The van der Waals surface area contributed by atoms with Crippen LogP contribution in [0, 0.1) is 0 Å². The summed E-state index contributed by atoms with van der Waals surface area (Å²) in [6.45, 7) is 3.64. The molecule has 1 aromatic carbocycles. The van der Waals surface area contributed by atoms with E-state index in [2.05, 4.69) is 17.2 Å². The van der Waals surface area contributed by atoms with Gasteiger partial charge in [-0.2, -0.15) is 0 Å². The quantitative estimate of drug-likeness (QED) is 0.712. The first kappa shape index (κ1) is 20.2. The Bertz CT molecular complexity index is 756. The predicted molar refractivity (Wildman–Crippen MR) is 105 cm³/mol. The number of benzene rings is 1. The fraction of sp³-hybridized carbons (Fsp3) is 0.450. The van der Waals surface area contributed by atoms with Crippen molar-refractivity contribution in [3.63, 3.8) is 0 Å². The van der Waals surface area contributed by atoms with E-state index in [1.807, 2.05) is 0 Å². The Morgan fingerprint density at radius 1 is 1.25 bits per heavy atom. The SMILES string of the molecule is C=CCOC(=O)N1[C@@H]2CC[C@H]1CC(NC(=O)CNC(=O)c1cccc(Cl)c1)C2. The van der Waals surface area contributed by atoms with Crippen LogP contribution in [0.25, 0.3) is 0 Å². The van der Waals surface area contributed by atoms with Crippen molar-refractivity contribution in [2.24, 2.45) is 0 Å². The number of hydrogen-bond acceptors (Lipinski definition) is 4. The van der Waals surface area contributed by atoms with Gasteiger partial charge in [-0.1, -0.05) is 30.3 Å². The van der Waals surface area contributed by atoms with E-state index in [0.29, 0.717) is 23.4 Å². The molecule has 3 rings (SSSR count). The van der Waals surface area contributed by atoms with Gasteiger partial charge < -0.3 is 20.3 Å². The zero-order chi connectivity index (χ0) is 20.1. The number of ether oxygens (including phenoxy) is 1. The Balaban J connectivity index is 1.46. The first-order valence-electron chi connectivity index (χ1n) is 9.37. The number of rotatable bonds is 6. The molecule has 2 aliphatic heterocycles. The van der Waals surface area contributed by atoms with Crippen molar-refractivity contribution in [3.8, 4) is 0 Å². The summed E-state index contributed by atoms with van der Waals surface area (Å²) < 4.78 is 5.17. The number of halogens is 1. The molecule has 1 aromatic rings. The lowest BCUT2D eigenvalue weighted by Gasteiger charge is -2.38. The molecule has 2 bridgehead atoms. The van der Waals surface area contributed by atoms with Crippen LogP contribution in [0.1, 0.15) is 36.0 Å². The third-order valence-corrected chi connectivity index (χ3v) is 5.37. The van der Waals surface area contributed by atoms with Gasteiger partial charge in [0.05, 0.1) is 6.54 Å². The number of fused-ring (bicyclic) bond motifs is 2. The number of nitrogens with zero attached hydrogens (tertiary/aromatic N) is 1. The average molecular weight is 406 g/mol. The zero-order valence-electron chi connectivity index (χ0n) is 15.5. The van der Waals surface area contributed by atoms with E-state index >= 15 is 0 Å². The number of hydrogen-bond donors (Lipinski definition) is 2. The van der Waals surface area contributed by atoms with E-state index in [0.717, 1.165) is 12.8 Å². The molecular weight excluding hydrogens is 382 g/mol. The minimum absolute atomic E-state index is 0.0171. The maximum atomic E-state index is 12.2. The number of nitrogens with one attached hydrogen (secondary N) is 2. The van der Waals surface area contributed by atoms with Crippen LogP contribution in [-0.4, -0.2) is 54.1 Å². The Morgan fingerprint density at radius 2 is 1.96 bits per heavy atom. The Kier molecular flexibility index (Phi) is 6.57. The normalized spacial score (nSPS) is 23.0. The zero-order valence-corrected chi connectivity index (χ0v) is 16.3. The monoisotopic (exact) mass is 405 g/mol. The number of carbonyl (C=O) groups is 3. The summed E-state index contributed by atoms with van der Waals surface area (Å²) in [4.78, 5) is 38.3. The lowest BCUT2D eigenvalue weighted by Crippen LogP contribution is -2.53. The van der Waals surface area contributed by atoms with Crippen molar-refractivity contribution in [3.05, 3.63) is 47.5 Å². The first-order chi connectivity index (χ1) is 13.5. The van der Waals surface area contributed by atoms with Crippen molar-refractivity contribution >= 4 is 29.5 Å². The predicted octanol–water partition coefficient (Wildman–Crippen LogP) is 2.50. The Labute approximate surface area is 169 Å². The fourth-order valence-corrected chi connectivity index (χ4v) is 4.16. The molecule has 0 saturated carbocycles. The summed E-state index contributed by atoms with van der Waals surface area (Å²) >= 11 is 5.87. The van der Waals surface area contributed by atoms with E-state index in [9.17, 15) is 14.4 Å². The smallest absolute Gasteiger partial charge is 0.410 e. The number of carbonyl (C=O) groups excluding carboxylic acids is 3. The summed E-state index contributed by atoms with van der Waals surface area (Å²) in [5, 5.41) is 6.03. The van der Waals surface area contributed by atoms with E-state index in [4.69, 9.17) is 16.3 Å². The van der Waals surface area contributed by atoms with Crippen molar-refractivity contribution in [1.82, 2.24) is 15.5 Å². The summed E-state index contributed by atoms with van der Waals surface area (Å²) in [7, 11) is 0. The third kappa shape index (κ3) is 4.84. The van der Waals surface area contributed by atoms with Gasteiger partial charge >= 0.3 is 6.09 Å². The molecule has 2 aliphatic rings. The lowest BCUT2D eigenvalue weighted by atomic mass is 9.98. The van der Waals surface area contributed by atoms with Crippen molar-refractivity contribution in [1.29, 1.82) is 0 Å². The van der Waals surface area contributed by atoms with Crippen LogP contribution in [0.4, 0.5) is 4.79 Å². The highest BCUT2D eigenvalue weighted by Gasteiger charge is 2.44. The van der Waals surface area contributed by atoms with Crippen LogP contribution in [0.5, 0.6) is 0 Å².